The van der Waals surface area contributed by atoms with Crippen molar-refractivity contribution in [2.75, 3.05) is 32.1 Å². The van der Waals surface area contributed by atoms with Gasteiger partial charge in [0.25, 0.3) is 0 Å². The Morgan fingerprint density at radius 2 is 1.71 bits per heavy atom. The number of rotatable bonds is 4. The number of ether oxygens (including phenoxy) is 1. The largest absolute Gasteiger partial charge is 0.497 e. The molecule has 2 aromatic carbocycles. The summed E-state index contributed by atoms with van der Waals surface area (Å²) in [5, 5.41) is 22.8. The Balaban J connectivity index is 0.000000293. The van der Waals surface area contributed by atoms with Gasteiger partial charge < -0.3 is 25.6 Å². The van der Waals surface area contributed by atoms with E-state index in [-0.39, 0.29) is 0 Å². The van der Waals surface area contributed by atoms with Crippen LogP contribution >= 0.6 is 0 Å². The minimum Gasteiger partial charge on any atom is -0.497 e. The zero-order valence-electron chi connectivity index (χ0n) is 17.6. The third kappa shape index (κ3) is 5.86. The average molecular weight is 424 g/mol. The van der Waals surface area contributed by atoms with Crippen LogP contribution in [0.25, 0.3) is 11.1 Å². The van der Waals surface area contributed by atoms with Gasteiger partial charge in [-0.25, -0.2) is 9.59 Å². The van der Waals surface area contributed by atoms with Gasteiger partial charge in [-0.2, -0.15) is 0 Å². The molecule has 0 bridgehead atoms. The zero-order valence-corrected chi connectivity index (χ0v) is 17.6. The smallest absolute Gasteiger partial charge is 0.328 e. The molecule has 31 heavy (non-hydrogen) atoms. The molecule has 4 N–H and O–H groups in total. The molecule has 0 saturated carbocycles. The first kappa shape index (κ1) is 22.4. The summed E-state index contributed by atoms with van der Waals surface area (Å²) in [6, 6.07) is 11.0. The molecule has 0 spiro atoms. The molecule has 0 amide bonds. The molecule has 164 valence electrons. The second kappa shape index (κ2) is 10.6. The molecule has 0 unspecified atom stereocenters. The summed E-state index contributed by atoms with van der Waals surface area (Å²) in [4.78, 5) is 19.1. The monoisotopic (exact) mass is 424 g/mol. The minimum absolute atomic E-state index is 0.558. The number of aryl methyl sites for hydroxylation is 1. The number of fused-ring (bicyclic) bond motifs is 2. The maximum absolute atomic E-state index is 9.55. The van der Waals surface area contributed by atoms with Crippen molar-refractivity contribution in [2.24, 2.45) is 0 Å². The van der Waals surface area contributed by atoms with Crippen molar-refractivity contribution in [3.63, 3.8) is 0 Å². The lowest BCUT2D eigenvalue weighted by Gasteiger charge is -2.26. The van der Waals surface area contributed by atoms with Crippen molar-refractivity contribution in [1.82, 2.24) is 5.32 Å². The maximum atomic E-state index is 9.55. The standard InChI is InChI=1S/C20H24N2O.C4H4O4/c1-23-17-6-2-4-15(13-17)19-18-8-11-21-10-7-14(18)12-16-5-3-9-22-20(16)19;5-3(6)1-2-4(7)8/h2,4,6,12-13,21-22H,3,5,7-11H2,1H3;1-2H,(H,5,6)(H,7,8)/b;2-1+. The first-order valence-corrected chi connectivity index (χ1v) is 10.4. The predicted octanol–water partition coefficient (Wildman–Crippen LogP) is 3.12. The highest BCUT2D eigenvalue weighted by Crippen LogP contribution is 2.40. The highest BCUT2D eigenvalue weighted by molar-refractivity contribution is 5.89. The number of nitrogens with one attached hydrogen (secondary N) is 2. The number of carboxylic acids is 2. The molecule has 2 aromatic rings. The van der Waals surface area contributed by atoms with Gasteiger partial charge in [0, 0.05) is 29.9 Å². The van der Waals surface area contributed by atoms with Crippen LogP contribution in [0.5, 0.6) is 5.75 Å². The van der Waals surface area contributed by atoms with Crippen molar-refractivity contribution in [3.05, 3.63) is 59.2 Å². The highest BCUT2D eigenvalue weighted by Gasteiger charge is 2.22. The van der Waals surface area contributed by atoms with E-state index in [0.717, 1.165) is 38.2 Å². The summed E-state index contributed by atoms with van der Waals surface area (Å²) in [7, 11) is 1.74. The quantitative estimate of drug-likeness (QED) is 0.559. The number of aliphatic carboxylic acids is 2. The number of anilines is 1. The SMILES string of the molecule is COc1cccc(-c2c3c(cc4c2NCCC4)CCNCC3)c1.O=C(O)/C=C/C(=O)O. The number of carboxylic acid groups (broad SMARTS) is 2. The molecular weight excluding hydrogens is 396 g/mol. The maximum Gasteiger partial charge on any atom is 0.328 e. The third-order valence-corrected chi connectivity index (χ3v) is 5.38. The van der Waals surface area contributed by atoms with E-state index >= 15 is 0 Å². The lowest BCUT2D eigenvalue weighted by molar-refractivity contribution is -0.134. The van der Waals surface area contributed by atoms with Crippen molar-refractivity contribution < 1.29 is 24.5 Å². The minimum atomic E-state index is -1.26. The lowest BCUT2D eigenvalue weighted by Crippen LogP contribution is -2.16. The van der Waals surface area contributed by atoms with Crippen molar-refractivity contribution >= 4 is 17.6 Å². The fourth-order valence-electron chi connectivity index (χ4n) is 4.04. The lowest BCUT2D eigenvalue weighted by atomic mass is 9.86. The number of hydrogen-bond acceptors (Lipinski definition) is 5. The van der Waals surface area contributed by atoms with Crippen LogP contribution in [-0.4, -0.2) is 48.9 Å². The number of methoxy groups -OCH3 is 1. The van der Waals surface area contributed by atoms with Crippen LogP contribution in [-0.2, 0) is 28.9 Å². The van der Waals surface area contributed by atoms with Gasteiger partial charge in [-0.3, -0.25) is 0 Å². The van der Waals surface area contributed by atoms with Gasteiger partial charge in [0.15, 0.2) is 0 Å². The number of hydrogen-bond donors (Lipinski definition) is 4. The third-order valence-electron chi connectivity index (χ3n) is 5.38. The molecule has 2 heterocycles. The van der Waals surface area contributed by atoms with Crippen molar-refractivity contribution in [2.45, 2.75) is 25.7 Å². The molecule has 2 aliphatic heterocycles. The zero-order chi connectivity index (χ0) is 22.2. The Morgan fingerprint density at radius 3 is 2.42 bits per heavy atom. The fourth-order valence-corrected chi connectivity index (χ4v) is 4.04. The molecule has 0 saturated heterocycles. The molecule has 0 aromatic heterocycles. The van der Waals surface area contributed by atoms with Crippen molar-refractivity contribution in [3.8, 4) is 16.9 Å². The van der Waals surface area contributed by atoms with E-state index in [1.807, 2.05) is 6.07 Å². The van der Waals surface area contributed by atoms with E-state index in [1.54, 1.807) is 7.11 Å². The number of benzene rings is 2. The molecule has 0 atom stereocenters. The molecule has 4 rings (SSSR count). The molecular formula is C24H28N2O5. The van der Waals surface area contributed by atoms with E-state index in [0.29, 0.717) is 12.2 Å². The second-order valence-corrected chi connectivity index (χ2v) is 7.45. The summed E-state index contributed by atoms with van der Waals surface area (Å²) in [6.45, 7) is 3.21. The fraction of sp³-hybridized carbons (Fsp3) is 0.333. The van der Waals surface area contributed by atoms with Gasteiger partial charge in [0.2, 0.25) is 0 Å². The van der Waals surface area contributed by atoms with Crippen LogP contribution < -0.4 is 15.4 Å². The molecule has 7 heteroatoms. The molecule has 0 aliphatic carbocycles. The van der Waals surface area contributed by atoms with Gasteiger partial charge in [0.05, 0.1) is 7.11 Å². The van der Waals surface area contributed by atoms with Gasteiger partial charge >= 0.3 is 11.9 Å². The molecule has 2 aliphatic rings. The summed E-state index contributed by atoms with van der Waals surface area (Å²) in [6.07, 6.45) is 5.74. The Kier molecular flexibility index (Phi) is 7.67. The van der Waals surface area contributed by atoms with Gasteiger partial charge in [0.1, 0.15) is 5.75 Å². The Labute approximate surface area is 181 Å². The Morgan fingerprint density at radius 1 is 0.968 bits per heavy atom. The highest BCUT2D eigenvalue weighted by atomic mass is 16.5. The molecule has 7 nitrogen and oxygen atoms in total. The van der Waals surface area contributed by atoms with Crippen LogP contribution in [0.3, 0.4) is 0 Å². The first-order chi connectivity index (χ1) is 15.0. The van der Waals surface area contributed by atoms with Crippen LogP contribution in [0.4, 0.5) is 5.69 Å². The van der Waals surface area contributed by atoms with E-state index in [9.17, 15) is 9.59 Å². The van der Waals surface area contributed by atoms with Crippen LogP contribution in [0.15, 0.2) is 42.5 Å². The van der Waals surface area contributed by atoms with Crippen LogP contribution in [0.1, 0.15) is 23.1 Å². The molecule has 0 radical (unpaired) electrons. The van der Waals surface area contributed by atoms with E-state index in [4.69, 9.17) is 14.9 Å². The molecule has 0 fully saturated rings. The average Bonchev–Trinajstić information content (AvgIpc) is 3.01. The second-order valence-electron chi connectivity index (χ2n) is 7.45. The normalized spacial score (nSPS) is 14.9. The predicted molar refractivity (Wildman–Crippen MR) is 120 cm³/mol. The van der Waals surface area contributed by atoms with E-state index in [2.05, 4.69) is 34.9 Å². The van der Waals surface area contributed by atoms with E-state index in [1.165, 1.54) is 46.3 Å². The van der Waals surface area contributed by atoms with Crippen molar-refractivity contribution in [1.29, 1.82) is 0 Å². The van der Waals surface area contributed by atoms with Gasteiger partial charge in [-0.05, 0) is 73.2 Å². The summed E-state index contributed by atoms with van der Waals surface area (Å²) in [5.74, 6) is -1.59. The van der Waals surface area contributed by atoms with Crippen LogP contribution in [0.2, 0.25) is 0 Å². The summed E-state index contributed by atoms with van der Waals surface area (Å²) >= 11 is 0. The van der Waals surface area contributed by atoms with Gasteiger partial charge in [-0.1, -0.05) is 18.2 Å². The van der Waals surface area contributed by atoms with Gasteiger partial charge in [-0.15, -0.1) is 0 Å². The summed E-state index contributed by atoms with van der Waals surface area (Å²) in [5.41, 5.74) is 8.54. The topological polar surface area (TPSA) is 108 Å². The summed E-state index contributed by atoms with van der Waals surface area (Å²) < 4.78 is 5.46. The Hall–Kier alpha value is -3.32. The number of carbonyl (C=O) groups is 2. The van der Waals surface area contributed by atoms with Crippen LogP contribution in [0, 0.1) is 0 Å². The Bertz CT molecular complexity index is 968. The van der Waals surface area contributed by atoms with E-state index < -0.39 is 11.9 Å². The first-order valence-electron chi connectivity index (χ1n) is 10.4.